The second-order valence-electron chi connectivity index (χ2n) is 13.1. The standard InChI is InChI=1S/C47H36N2O2/c1-2-3-4-12-28-47(38-19-9-11-23-44(38)51-45-31-33(25-27-39(45)47)40-20-14-29-48-40)46-35(18-13-22-43(46)50)32-24-26-37-36-17-8-10-21-41(36)49(42(37)30-32)34-15-6-5-7-16-34/h2-17,19-31,35,48,50H,1,18H2/b4-3-,28-12-. The van der Waals surface area contributed by atoms with Gasteiger partial charge in [0.2, 0.25) is 0 Å². The van der Waals surface area contributed by atoms with Gasteiger partial charge in [-0.15, -0.1) is 0 Å². The number of ether oxygens (including phenoxy) is 1. The van der Waals surface area contributed by atoms with E-state index in [0.29, 0.717) is 0 Å². The van der Waals surface area contributed by atoms with Crippen LogP contribution >= 0.6 is 0 Å². The van der Waals surface area contributed by atoms with Crippen molar-refractivity contribution < 1.29 is 9.84 Å². The predicted octanol–water partition coefficient (Wildman–Crippen LogP) is 12.0. The highest BCUT2D eigenvalue weighted by molar-refractivity contribution is 6.09. The minimum atomic E-state index is -0.857. The van der Waals surface area contributed by atoms with E-state index in [1.807, 2.05) is 42.6 Å². The van der Waals surface area contributed by atoms with E-state index in [2.05, 4.69) is 144 Å². The molecule has 0 spiro atoms. The number of aromatic amines is 1. The van der Waals surface area contributed by atoms with Crippen LogP contribution in [0.2, 0.25) is 0 Å². The molecule has 4 nitrogen and oxygen atoms in total. The van der Waals surface area contributed by atoms with Crippen molar-refractivity contribution >= 4 is 21.8 Å². The lowest BCUT2D eigenvalue weighted by molar-refractivity contribution is 0.387. The Kier molecular flexibility index (Phi) is 7.44. The normalized spacial score (nSPS) is 18.4. The molecule has 2 atom stereocenters. The van der Waals surface area contributed by atoms with E-state index in [4.69, 9.17) is 4.74 Å². The molecule has 2 N–H and O–H groups in total. The van der Waals surface area contributed by atoms with Crippen LogP contribution in [-0.2, 0) is 5.41 Å². The van der Waals surface area contributed by atoms with Crippen LogP contribution in [0.4, 0.5) is 0 Å². The van der Waals surface area contributed by atoms with Gasteiger partial charge in [0.05, 0.1) is 16.4 Å². The molecule has 0 saturated carbocycles. The summed E-state index contributed by atoms with van der Waals surface area (Å²) < 4.78 is 9.07. The Balaban J connectivity index is 1.31. The molecule has 2 aliphatic rings. The van der Waals surface area contributed by atoms with Crippen LogP contribution < -0.4 is 4.74 Å². The van der Waals surface area contributed by atoms with Gasteiger partial charge in [-0.05, 0) is 72.2 Å². The molecule has 1 aliphatic heterocycles. The number of H-pyrrole nitrogens is 1. The number of fused-ring (bicyclic) bond motifs is 5. The van der Waals surface area contributed by atoms with E-state index < -0.39 is 5.41 Å². The van der Waals surface area contributed by atoms with E-state index in [1.54, 1.807) is 6.08 Å². The lowest BCUT2D eigenvalue weighted by Crippen LogP contribution is -2.36. The summed E-state index contributed by atoms with van der Waals surface area (Å²) in [5.41, 5.74) is 8.60. The smallest absolute Gasteiger partial charge is 0.132 e. The maximum absolute atomic E-state index is 12.2. The van der Waals surface area contributed by atoms with E-state index in [1.165, 1.54) is 10.8 Å². The third-order valence-electron chi connectivity index (χ3n) is 10.4. The maximum Gasteiger partial charge on any atom is 0.132 e. The molecule has 2 aromatic heterocycles. The molecule has 1 aliphatic carbocycles. The lowest BCUT2D eigenvalue weighted by Gasteiger charge is -2.44. The molecule has 9 rings (SSSR count). The van der Waals surface area contributed by atoms with Crippen LogP contribution in [-0.4, -0.2) is 14.7 Å². The molecule has 0 radical (unpaired) electrons. The summed E-state index contributed by atoms with van der Waals surface area (Å²) in [5, 5.41) is 14.6. The van der Waals surface area contributed by atoms with Gasteiger partial charge in [-0.25, -0.2) is 0 Å². The molecule has 2 unspecified atom stereocenters. The van der Waals surface area contributed by atoms with E-state index >= 15 is 0 Å². The second-order valence-corrected chi connectivity index (χ2v) is 13.1. The van der Waals surface area contributed by atoms with Crippen molar-refractivity contribution in [3.05, 3.63) is 211 Å². The van der Waals surface area contributed by atoms with Crippen LogP contribution in [0.15, 0.2) is 194 Å². The molecular formula is C47H36N2O2. The fourth-order valence-corrected chi connectivity index (χ4v) is 8.20. The zero-order chi connectivity index (χ0) is 34.4. The number of rotatable bonds is 7. The van der Waals surface area contributed by atoms with Crippen molar-refractivity contribution in [1.29, 1.82) is 0 Å². The summed E-state index contributed by atoms with van der Waals surface area (Å²) >= 11 is 0. The number of nitrogens with one attached hydrogen (secondary N) is 1. The van der Waals surface area contributed by atoms with Crippen molar-refractivity contribution in [2.24, 2.45) is 0 Å². The van der Waals surface area contributed by atoms with Crippen molar-refractivity contribution in [1.82, 2.24) is 9.55 Å². The van der Waals surface area contributed by atoms with Crippen LogP contribution in [0, 0.1) is 0 Å². The van der Waals surface area contributed by atoms with Gasteiger partial charge in [-0.3, -0.25) is 0 Å². The first-order valence-electron chi connectivity index (χ1n) is 17.4. The Bertz CT molecular complexity index is 2560. The zero-order valence-electron chi connectivity index (χ0n) is 28.0. The first-order chi connectivity index (χ1) is 25.2. The van der Waals surface area contributed by atoms with Crippen LogP contribution in [0.1, 0.15) is 29.0 Å². The number of allylic oxidation sites excluding steroid dienone is 8. The van der Waals surface area contributed by atoms with Crippen LogP contribution in [0.25, 0.3) is 38.8 Å². The molecule has 3 heterocycles. The van der Waals surface area contributed by atoms with E-state index in [9.17, 15) is 5.11 Å². The Morgan fingerprint density at radius 1 is 0.745 bits per heavy atom. The highest BCUT2D eigenvalue weighted by atomic mass is 16.5. The van der Waals surface area contributed by atoms with Gasteiger partial charge >= 0.3 is 0 Å². The van der Waals surface area contributed by atoms with Gasteiger partial charge in [-0.2, -0.15) is 0 Å². The third kappa shape index (κ3) is 4.91. The number of hydrogen-bond acceptors (Lipinski definition) is 2. The molecule has 4 heteroatoms. The van der Waals surface area contributed by atoms with Crippen LogP contribution in [0.3, 0.4) is 0 Å². The second kappa shape index (κ2) is 12.4. The van der Waals surface area contributed by atoms with Crippen molar-refractivity contribution in [3.8, 4) is 28.4 Å². The van der Waals surface area contributed by atoms with Gasteiger partial charge in [0, 0.05) is 51.0 Å². The Hall–Kier alpha value is -6.52. The topological polar surface area (TPSA) is 50.2 Å². The van der Waals surface area contributed by atoms with E-state index in [-0.39, 0.29) is 11.7 Å². The Morgan fingerprint density at radius 2 is 1.55 bits per heavy atom. The quantitative estimate of drug-likeness (QED) is 0.167. The average molecular weight is 661 g/mol. The number of benzene rings is 5. The molecule has 0 saturated heterocycles. The number of para-hydroxylation sites is 3. The first-order valence-corrected chi connectivity index (χ1v) is 17.4. The first kappa shape index (κ1) is 30.5. The molecule has 0 amide bonds. The summed E-state index contributed by atoms with van der Waals surface area (Å²) in [6.07, 6.45) is 16.6. The highest BCUT2D eigenvalue weighted by Crippen LogP contribution is 2.58. The number of aliphatic hydroxyl groups excluding tert-OH is 1. The Labute approximate surface area is 297 Å². The Morgan fingerprint density at radius 3 is 2.41 bits per heavy atom. The average Bonchev–Trinajstić information content (AvgIpc) is 3.83. The SMILES string of the molecule is C=C/C=C\C=C/C1(C2=C(O)C=CCC2c2ccc3c4ccccc4n(-c4ccccc4)c3c2)c2ccccc2Oc2cc(-c3ccc[nH]3)ccc21. The number of aliphatic hydroxyl groups is 1. The monoisotopic (exact) mass is 660 g/mol. The number of nitrogens with zero attached hydrogens (tertiary/aromatic N) is 1. The summed E-state index contributed by atoms with van der Waals surface area (Å²) in [5.74, 6) is 1.64. The van der Waals surface area contributed by atoms with Crippen molar-refractivity contribution in [2.75, 3.05) is 0 Å². The zero-order valence-corrected chi connectivity index (χ0v) is 28.0. The molecule has 51 heavy (non-hydrogen) atoms. The minimum Gasteiger partial charge on any atom is -0.508 e. The van der Waals surface area contributed by atoms with Crippen LogP contribution in [0.5, 0.6) is 11.5 Å². The summed E-state index contributed by atoms with van der Waals surface area (Å²) in [4.78, 5) is 3.34. The summed E-state index contributed by atoms with van der Waals surface area (Å²) in [7, 11) is 0. The molecular weight excluding hydrogens is 625 g/mol. The van der Waals surface area contributed by atoms with Crippen molar-refractivity contribution in [2.45, 2.75) is 17.8 Å². The highest BCUT2D eigenvalue weighted by Gasteiger charge is 2.48. The molecule has 0 bridgehead atoms. The lowest BCUT2D eigenvalue weighted by atomic mass is 9.61. The summed E-state index contributed by atoms with van der Waals surface area (Å²) in [6, 6.07) is 44.7. The third-order valence-corrected chi connectivity index (χ3v) is 10.4. The largest absolute Gasteiger partial charge is 0.508 e. The minimum absolute atomic E-state index is 0.142. The van der Waals surface area contributed by atoms with Gasteiger partial charge in [0.1, 0.15) is 17.3 Å². The molecule has 5 aromatic carbocycles. The maximum atomic E-state index is 12.2. The van der Waals surface area contributed by atoms with E-state index in [0.717, 1.165) is 68.2 Å². The fraction of sp³-hybridized carbons (Fsp3) is 0.0638. The molecule has 246 valence electrons. The van der Waals surface area contributed by atoms with Gasteiger partial charge in [0.25, 0.3) is 0 Å². The fourth-order valence-electron chi connectivity index (χ4n) is 8.20. The predicted molar refractivity (Wildman–Crippen MR) is 209 cm³/mol. The van der Waals surface area contributed by atoms with Gasteiger partial charge < -0.3 is 19.4 Å². The number of hydrogen-bond donors (Lipinski definition) is 2. The molecule has 7 aromatic rings. The summed E-state index contributed by atoms with van der Waals surface area (Å²) in [6.45, 7) is 3.89. The van der Waals surface area contributed by atoms with Crippen molar-refractivity contribution in [3.63, 3.8) is 0 Å². The van der Waals surface area contributed by atoms with Gasteiger partial charge in [-0.1, -0.05) is 122 Å². The van der Waals surface area contributed by atoms with Gasteiger partial charge in [0.15, 0.2) is 0 Å². The number of aromatic nitrogens is 2. The molecule has 0 fully saturated rings.